The summed E-state index contributed by atoms with van der Waals surface area (Å²) in [5, 5.41) is 2.92. The van der Waals surface area contributed by atoms with Crippen LogP contribution >= 0.6 is 0 Å². The molecule has 3 heterocycles. The lowest BCUT2D eigenvalue weighted by atomic mass is 9.96. The number of nitrogens with one attached hydrogen (secondary N) is 1. The van der Waals surface area contributed by atoms with E-state index in [2.05, 4.69) is 10.2 Å². The molecule has 0 bridgehead atoms. The maximum atomic E-state index is 13.5. The van der Waals surface area contributed by atoms with Gasteiger partial charge in [0, 0.05) is 26.2 Å². The number of fused-ring (bicyclic) bond motifs is 3. The Morgan fingerprint density at radius 1 is 0.943 bits per heavy atom. The standard InChI is InChI=1S/C26H32N4O4S/c31-25(27-14-13-20-8-2-1-3-9-20)19-30-24-18-21(35(33,34)28-15-6-7-16-28)11-12-22(24)29-17-5-4-10-23(29)26(30)32/h1-3,8-9,11-12,18,23H,4-7,10,13-17,19H2,(H,27,31)/t23-/m0/s1. The fourth-order valence-electron chi connectivity index (χ4n) is 5.33. The average molecular weight is 497 g/mol. The molecule has 1 N–H and O–H groups in total. The fraction of sp³-hybridized carbons (Fsp3) is 0.462. The molecule has 0 unspecified atom stereocenters. The Labute approximate surface area is 206 Å². The van der Waals surface area contributed by atoms with Gasteiger partial charge in [-0.2, -0.15) is 4.31 Å². The number of carbonyl (C=O) groups is 2. The molecular weight excluding hydrogens is 464 g/mol. The smallest absolute Gasteiger partial charge is 0.250 e. The molecule has 1 atom stereocenters. The van der Waals surface area contributed by atoms with Crippen molar-refractivity contribution < 1.29 is 18.0 Å². The molecule has 2 aromatic carbocycles. The SMILES string of the molecule is O=C(CN1C(=O)[C@@H]2CCCCN2c2ccc(S(=O)(=O)N3CCCC3)cc21)NCCc1ccccc1. The van der Waals surface area contributed by atoms with Gasteiger partial charge in [-0.25, -0.2) is 8.42 Å². The Balaban J connectivity index is 1.39. The number of carbonyl (C=O) groups excluding carboxylic acids is 2. The average Bonchev–Trinajstić information content (AvgIpc) is 3.43. The first-order valence-electron chi connectivity index (χ1n) is 12.5. The Kier molecular flexibility index (Phi) is 6.80. The quantitative estimate of drug-likeness (QED) is 0.636. The molecule has 2 saturated heterocycles. The van der Waals surface area contributed by atoms with Crippen LogP contribution in [-0.4, -0.2) is 63.3 Å². The second kappa shape index (κ2) is 9.99. The van der Waals surface area contributed by atoms with E-state index >= 15 is 0 Å². The van der Waals surface area contributed by atoms with Gasteiger partial charge in [-0.15, -0.1) is 0 Å². The molecule has 0 spiro atoms. The monoisotopic (exact) mass is 496 g/mol. The summed E-state index contributed by atoms with van der Waals surface area (Å²) < 4.78 is 27.9. The van der Waals surface area contributed by atoms with Gasteiger partial charge in [-0.1, -0.05) is 30.3 Å². The van der Waals surface area contributed by atoms with Crippen molar-refractivity contribution in [2.75, 3.05) is 42.5 Å². The number of hydrogen-bond donors (Lipinski definition) is 1. The van der Waals surface area contributed by atoms with Gasteiger partial charge >= 0.3 is 0 Å². The van der Waals surface area contributed by atoms with Crippen LogP contribution < -0.4 is 15.1 Å². The van der Waals surface area contributed by atoms with Crippen molar-refractivity contribution in [2.24, 2.45) is 0 Å². The third-order valence-electron chi connectivity index (χ3n) is 7.18. The Morgan fingerprint density at radius 3 is 2.46 bits per heavy atom. The van der Waals surface area contributed by atoms with Crippen LogP contribution in [0.5, 0.6) is 0 Å². The van der Waals surface area contributed by atoms with Crippen molar-refractivity contribution in [1.29, 1.82) is 0 Å². The van der Waals surface area contributed by atoms with E-state index in [1.54, 1.807) is 12.1 Å². The summed E-state index contributed by atoms with van der Waals surface area (Å²) >= 11 is 0. The van der Waals surface area contributed by atoms with Crippen LogP contribution in [0, 0.1) is 0 Å². The van der Waals surface area contributed by atoms with E-state index in [9.17, 15) is 18.0 Å². The first kappa shape index (κ1) is 23.8. The van der Waals surface area contributed by atoms with Gasteiger partial charge in [0.2, 0.25) is 21.8 Å². The van der Waals surface area contributed by atoms with Gasteiger partial charge in [-0.05, 0) is 62.3 Å². The lowest BCUT2D eigenvalue weighted by Gasteiger charge is -2.45. The molecule has 0 saturated carbocycles. The molecule has 0 radical (unpaired) electrons. The van der Waals surface area contributed by atoms with Gasteiger partial charge in [0.15, 0.2) is 0 Å². The maximum absolute atomic E-state index is 13.5. The number of nitrogens with zero attached hydrogens (tertiary/aromatic N) is 3. The highest BCUT2D eigenvalue weighted by Gasteiger charge is 2.41. The largest absolute Gasteiger partial charge is 0.358 e. The number of rotatable bonds is 7. The van der Waals surface area contributed by atoms with E-state index in [0.29, 0.717) is 31.7 Å². The first-order chi connectivity index (χ1) is 16.9. The number of piperidine rings is 1. The normalized spacial score (nSPS) is 20.5. The minimum atomic E-state index is -3.64. The first-order valence-corrected chi connectivity index (χ1v) is 13.9. The van der Waals surface area contributed by atoms with Crippen molar-refractivity contribution in [3.05, 3.63) is 54.1 Å². The topological polar surface area (TPSA) is 90.0 Å². The molecule has 0 aliphatic carbocycles. The van der Waals surface area contributed by atoms with Crippen LogP contribution in [0.1, 0.15) is 37.7 Å². The maximum Gasteiger partial charge on any atom is 0.250 e. The highest BCUT2D eigenvalue weighted by atomic mass is 32.2. The fourth-order valence-corrected chi connectivity index (χ4v) is 6.87. The number of benzene rings is 2. The van der Waals surface area contributed by atoms with E-state index in [1.807, 2.05) is 36.4 Å². The summed E-state index contributed by atoms with van der Waals surface area (Å²) in [7, 11) is -3.64. The van der Waals surface area contributed by atoms with E-state index in [1.165, 1.54) is 9.21 Å². The number of hydrogen-bond acceptors (Lipinski definition) is 5. The van der Waals surface area contributed by atoms with Gasteiger partial charge in [0.05, 0.1) is 16.3 Å². The molecule has 3 aliphatic heterocycles. The molecule has 9 heteroatoms. The highest BCUT2D eigenvalue weighted by Crippen LogP contribution is 2.41. The van der Waals surface area contributed by atoms with Gasteiger partial charge in [0.25, 0.3) is 0 Å². The molecule has 2 fully saturated rings. The molecule has 2 aromatic rings. The minimum absolute atomic E-state index is 0.127. The lowest BCUT2D eigenvalue weighted by Crippen LogP contribution is -2.57. The molecule has 3 aliphatic rings. The van der Waals surface area contributed by atoms with Crippen LogP contribution in [0.3, 0.4) is 0 Å². The predicted octanol–water partition coefficient (Wildman–Crippen LogP) is 2.54. The van der Waals surface area contributed by atoms with E-state index in [4.69, 9.17) is 0 Å². The van der Waals surface area contributed by atoms with Crippen molar-refractivity contribution in [3.63, 3.8) is 0 Å². The van der Waals surface area contributed by atoms with Gasteiger partial charge < -0.3 is 10.2 Å². The predicted molar refractivity (Wildman–Crippen MR) is 135 cm³/mol. The molecule has 0 aromatic heterocycles. The van der Waals surface area contributed by atoms with Crippen LogP contribution in [0.4, 0.5) is 11.4 Å². The summed E-state index contributed by atoms with van der Waals surface area (Å²) in [5.41, 5.74) is 2.46. The number of amides is 2. The Bertz CT molecular complexity index is 1200. The lowest BCUT2D eigenvalue weighted by molar-refractivity contribution is -0.124. The summed E-state index contributed by atoms with van der Waals surface area (Å²) in [6, 6.07) is 14.6. The van der Waals surface area contributed by atoms with Gasteiger partial charge in [-0.3, -0.25) is 14.5 Å². The number of anilines is 2. The van der Waals surface area contributed by atoms with E-state index in [0.717, 1.165) is 49.9 Å². The second-order valence-electron chi connectivity index (χ2n) is 9.48. The zero-order valence-corrected chi connectivity index (χ0v) is 20.7. The third-order valence-corrected chi connectivity index (χ3v) is 9.08. The van der Waals surface area contributed by atoms with Gasteiger partial charge in [0.1, 0.15) is 12.6 Å². The second-order valence-corrected chi connectivity index (χ2v) is 11.4. The van der Waals surface area contributed by atoms with E-state index < -0.39 is 10.0 Å². The Morgan fingerprint density at radius 2 is 1.69 bits per heavy atom. The highest BCUT2D eigenvalue weighted by molar-refractivity contribution is 7.89. The van der Waals surface area contributed by atoms with Crippen LogP contribution in [0.2, 0.25) is 0 Å². The van der Waals surface area contributed by atoms with Crippen LogP contribution in [0.25, 0.3) is 0 Å². The summed E-state index contributed by atoms with van der Waals surface area (Å²) in [6.07, 6.45) is 5.09. The molecular formula is C26H32N4O4S. The summed E-state index contributed by atoms with van der Waals surface area (Å²) in [5.74, 6) is -0.386. The molecule has 5 rings (SSSR count). The van der Waals surface area contributed by atoms with Crippen LogP contribution in [-0.2, 0) is 26.0 Å². The molecule has 35 heavy (non-hydrogen) atoms. The zero-order chi connectivity index (χ0) is 24.4. The molecule has 8 nitrogen and oxygen atoms in total. The van der Waals surface area contributed by atoms with Crippen molar-refractivity contribution >= 4 is 33.2 Å². The third kappa shape index (κ3) is 4.79. The minimum Gasteiger partial charge on any atom is -0.358 e. The Hall–Kier alpha value is -2.91. The van der Waals surface area contributed by atoms with Crippen molar-refractivity contribution in [3.8, 4) is 0 Å². The van der Waals surface area contributed by atoms with Crippen LogP contribution in [0.15, 0.2) is 53.4 Å². The zero-order valence-electron chi connectivity index (χ0n) is 19.9. The summed E-state index contributed by atoms with van der Waals surface area (Å²) in [6.45, 7) is 2.12. The van der Waals surface area contributed by atoms with E-state index in [-0.39, 0.29) is 29.3 Å². The van der Waals surface area contributed by atoms with Crippen molar-refractivity contribution in [2.45, 2.75) is 49.5 Å². The molecule has 2 amide bonds. The summed E-state index contributed by atoms with van der Waals surface area (Å²) in [4.78, 5) is 30.1. The van der Waals surface area contributed by atoms with Crippen molar-refractivity contribution in [1.82, 2.24) is 9.62 Å². The number of sulfonamides is 1. The molecule has 186 valence electrons.